The second kappa shape index (κ2) is 5.96. The summed E-state index contributed by atoms with van der Waals surface area (Å²) in [6.07, 6.45) is 1.41. The fourth-order valence-corrected chi connectivity index (χ4v) is 1.69. The van der Waals surface area contributed by atoms with E-state index in [4.69, 9.17) is 10.5 Å². The first-order valence-electron chi connectivity index (χ1n) is 5.74. The molecule has 1 unspecified atom stereocenters. The molecule has 0 aliphatic carbocycles. The van der Waals surface area contributed by atoms with Crippen molar-refractivity contribution in [2.75, 3.05) is 7.11 Å². The fourth-order valence-electron chi connectivity index (χ4n) is 1.69. The van der Waals surface area contributed by atoms with E-state index in [2.05, 4.69) is 0 Å². The van der Waals surface area contributed by atoms with Crippen LogP contribution in [0.15, 0.2) is 12.1 Å². The summed E-state index contributed by atoms with van der Waals surface area (Å²) in [7, 11) is 1.37. The molecular weight excluding hydrogens is 224 g/mol. The molecule has 1 aromatic rings. The van der Waals surface area contributed by atoms with Crippen LogP contribution in [0.4, 0.5) is 8.78 Å². The van der Waals surface area contributed by atoms with Gasteiger partial charge in [0, 0.05) is 23.7 Å². The van der Waals surface area contributed by atoms with Crippen LogP contribution in [0, 0.1) is 17.6 Å². The van der Waals surface area contributed by atoms with E-state index in [1.807, 2.05) is 13.8 Å². The van der Waals surface area contributed by atoms with Gasteiger partial charge in [-0.1, -0.05) is 13.8 Å². The standard InChI is InChI=1S/C13H19F2NO/c1-8(2)4-5-12(16)13-10(14)6-9(17-3)7-11(13)15/h6-8,12H,4-5,16H2,1-3H3. The zero-order chi connectivity index (χ0) is 13.0. The first-order valence-corrected chi connectivity index (χ1v) is 5.74. The van der Waals surface area contributed by atoms with Crippen LogP contribution in [0.5, 0.6) is 5.75 Å². The highest BCUT2D eigenvalue weighted by Crippen LogP contribution is 2.27. The maximum absolute atomic E-state index is 13.7. The topological polar surface area (TPSA) is 35.2 Å². The molecule has 0 heterocycles. The van der Waals surface area contributed by atoms with Crippen LogP contribution in [-0.2, 0) is 0 Å². The highest BCUT2D eigenvalue weighted by atomic mass is 19.1. The summed E-state index contributed by atoms with van der Waals surface area (Å²) >= 11 is 0. The third kappa shape index (κ3) is 3.66. The number of methoxy groups -OCH3 is 1. The maximum atomic E-state index is 13.7. The molecule has 0 saturated heterocycles. The second-order valence-corrected chi connectivity index (χ2v) is 4.58. The van der Waals surface area contributed by atoms with Crippen molar-refractivity contribution in [2.24, 2.45) is 11.7 Å². The van der Waals surface area contributed by atoms with Crippen molar-refractivity contribution in [3.8, 4) is 5.75 Å². The van der Waals surface area contributed by atoms with E-state index in [0.29, 0.717) is 12.3 Å². The van der Waals surface area contributed by atoms with Crippen molar-refractivity contribution >= 4 is 0 Å². The Hall–Kier alpha value is -1.16. The molecule has 0 bridgehead atoms. The Morgan fingerprint density at radius 3 is 2.12 bits per heavy atom. The van der Waals surface area contributed by atoms with Gasteiger partial charge in [-0.25, -0.2) is 8.78 Å². The largest absolute Gasteiger partial charge is 0.497 e. The number of hydrogen-bond acceptors (Lipinski definition) is 2. The number of halogens is 2. The van der Waals surface area contributed by atoms with Gasteiger partial charge in [-0.05, 0) is 18.8 Å². The van der Waals surface area contributed by atoms with E-state index < -0.39 is 17.7 Å². The van der Waals surface area contributed by atoms with E-state index in [9.17, 15) is 8.78 Å². The summed E-state index contributed by atoms with van der Waals surface area (Å²) < 4.78 is 32.1. The SMILES string of the molecule is COc1cc(F)c(C(N)CCC(C)C)c(F)c1. The molecule has 2 N–H and O–H groups in total. The van der Waals surface area contributed by atoms with Gasteiger partial charge in [-0.15, -0.1) is 0 Å². The molecule has 1 rings (SSSR count). The Kier molecular flexibility index (Phi) is 4.87. The Bertz CT molecular complexity index is 357. The van der Waals surface area contributed by atoms with Crippen molar-refractivity contribution in [3.05, 3.63) is 29.3 Å². The molecule has 4 heteroatoms. The molecule has 1 atom stereocenters. The normalized spacial score (nSPS) is 12.9. The Labute approximate surface area is 101 Å². The highest BCUT2D eigenvalue weighted by Gasteiger charge is 2.18. The molecule has 0 aliphatic heterocycles. The number of rotatable bonds is 5. The van der Waals surface area contributed by atoms with Gasteiger partial charge in [0.25, 0.3) is 0 Å². The molecule has 0 amide bonds. The van der Waals surface area contributed by atoms with Crippen molar-refractivity contribution in [1.82, 2.24) is 0 Å². The minimum absolute atomic E-state index is 0.0496. The van der Waals surface area contributed by atoms with Crippen LogP contribution in [0.2, 0.25) is 0 Å². The molecule has 0 radical (unpaired) electrons. The minimum Gasteiger partial charge on any atom is -0.497 e. The highest BCUT2D eigenvalue weighted by molar-refractivity contribution is 5.32. The monoisotopic (exact) mass is 243 g/mol. The average Bonchev–Trinajstić information content (AvgIpc) is 2.25. The summed E-state index contributed by atoms with van der Waals surface area (Å²) in [5, 5.41) is 0. The predicted octanol–water partition coefficient (Wildman–Crippen LogP) is 3.41. The molecule has 0 fully saturated rings. The summed E-state index contributed by atoms with van der Waals surface area (Å²) in [6, 6.07) is 1.71. The number of nitrogens with two attached hydrogens (primary N) is 1. The number of benzene rings is 1. The molecule has 17 heavy (non-hydrogen) atoms. The van der Waals surface area contributed by atoms with Gasteiger partial charge in [-0.2, -0.15) is 0 Å². The van der Waals surface area contributed by atoms with Crippen LogP contribution in [0.25, 0.3) is 0 Å². The van der Waals surface area contributed by atoms with Crippen LogP contribution < -0.4 is 10.5 Å². The third-order valence-electron chi connectivity index (χ3n) is 2.71. The van der Waals surface area contributed by atoms with Gasteiger partial charge in [0.1, 0.15) is 17.4 Å². The summed E-state index contributed by atoms with van der Waals surface area (Å²) in [6.45, 7) is 4.10. The molecule has 2 nitrogen and oxygen atoms in total. The van der Waals surface area contributed by atoms with E-state index in [0.717, 1.165) is 18.6 Å². The van der Waals surface area contributed by atoms with Crippen LogP contribution in [0.1, 0.15) is 38.3 Å². The minimum atomic E-state index is -0.641. The van der Waals surface area contributed by atoms with Crippen molar-refractivity contribution in [1.29, 1.82) is 0 Å². The van der Waals surface area contributed by atoms with Crippen LogP contribution in [-0.4, -0.2) is 7.11 Å². The van der Waals surface area contributed by atoms with Crippen LogP contribution >= 0.6 is 0 Å². The first kappa shape index (κ1) is 13.9. The lowest BCUT2D eigenvalue weighted by molar-refractivity contribution is 0.401. The van der Waals surface area contributed by atoms with Gasteiger partial charge in [-0.3, -0.25) is 0 Å². The molecular formula is C13H19F2NO. The Morgan fingerprint density at radius 1 is 1.18 bits per heavy atom. The smallest absolute Gasteiger partial charge is 0.134 e. The predicted molar refractivity (Wildman–Crippen MR) is 63.9 cm³/mol. The van der Waals surface area contributed by atoms with E-state index >= 15 is 0 Å². The lowest BCUT2D eigenvalue weighted by Crippen LogP contribution is -2.15. The van der Waals surface area contributed by atoms with Gasteiger partial charge >= 0.3 is 0 Å². The van der Waals surface area contributed by atoms with Gasteiger partial charge in [0.2, 0.25) is 0 Å². The van der Waals surface area contributed by atoms with E-state index in [1.165, 1.54) is 7.11 Å². The van der Waals surface area contributed by atoms with Crippen molar-refractivity contribution < 1.29 is 13.5 Å². The molecule has 0 aromatic heterocycles. The lowest BCUT2D eigenvalue weighted by Gasteiger charge is -2.16. The molecule has 96 valence electrons. The number of hydrogen-bond donors (Lipinski definition) is 1. The lowest BCUT2D eigenvalue weighted by atomic mass is 9.97. The zero-order valence-corrected chi connectivity index (χ0v) is 10.5. The molecule has 1 aromatic carbocycles. The molecule has 0 aliphatic rings. The first-order chi connectivity index (χ1) is 7.95. The van der Waals surface area contributed by atoms with Crippen molar-refractivity contribution in [3.63, 3.8) is 0 Å². The van der Waals surface area contributed by atoms with E-state index in [1.54, 1.807) is 0 Å². The Balaban J connectivity index is 2.89. The molecule has 0 spiro atoms. The van der Waals surface area contributed by atoms with Gasteiger partial charge in [0.05, 0.1) is 7.11 Å². The van der Waals surface area contributed by atoms with Gasteiger partial charge in [0.15, 0.2) is 0 Å². The summed E-state index contributed by atoms with van der Waals surface area (Å²) in [4.78, 5) is 0. The van der Waals surface area contributed by atoms with Gasteiger partial charge < -0.3 is 10.5 Å². The van der Waals surface area contributed by atoms with Crippen LogP contribution in [0.3, 0.4) is 0 Å². The fraction of sp³-hybridized carbons (Fsp3) is 0.538. The quantitative estimate of drug-likeness (QED) is 0.860. The maximum Gasteiger partial charge on any atom is 0.134 e. The summed E-state index contributed by atoms with van der Waals surface area (Å²) in [5.74, 6) is -0.651. The molecule has 0 saturated carbocycles. The van der Waals surface area contributed by atoms with E-state index in [-0.39, 0.29) is 11.3 Å². The summed E-state index contributed by atoms with van der Waals surface area (Å²) in [5.41, 5.74) is 5.77. The Morgan fingerprint density at radius 2 is 1.71 bits per heavy atom. The third-order valence-corrected chi connectivity index (χ3v) is 2.71. The zero-order valence-electron chi connectivity index (χ0n) is 10.5. The average molecular weight is 243 g/mol. The van der Waals surface area contributed by atoms with Crippen molar-refractivity contribution in [2.45, 2.75) is 32.7 Å². The second-order valence-electron chi connectivity index (χ2n) is 4.58. The number of ether oxygens (including phenoxy) is 1.